The Morgan fingerprint density at radius 2 is 2.10 bits per heavy atom. The number of hydrogen-bond acceptors (Lipinski definition) is 5. The van der Waals surface area contributed by atoms with E-state index in [9.17, 15) is 8.42 Å². The zero-order chi connectivity index (χ0) is 14.8. The highest BCUT2D eigenvalue weighted by Crippen LogP contribution is 2.20. The van der Waals surface area contributed by atoms with Crippen LogP contribution in [0.25, 0.3) is 10.9 Å². The van der Waals surface area contributed by atoms with Crippen LogP contribution in [-0.4, -0.2) is 36.9 Å². The lowest BCUT2D eigenvalue weighted by molar-refractivity contribution is 0.602. The van der Waals surface area contributed by atoms with Crippen LogP contribution in [0.4, 0.5) is 5.82 Å². The van der Waals surface area contributed by atoms with Crippen molar-refractivity contribution in [3.63, 3.8) is 0 Å². The maximum absolute atomic E-state index is 11.1. The van der Waals surface area contributed by atoms with Gasteiger partial charge in [0.15, 0.2) is 0 Å². The summed E-state index contributed by atoms with van der Waals surface area (Å²) in [5, 5.41) is 3.92. The van der Waals surface area contributed by atoms with Gasteiger partial charge in [-0.3, -0.25) is 0 Å². The van der Waals surface area contributed by atoms with Gasteiger partial charge in [-0.2, -0.15) is 0 Å². The Hall–Kier alpha value is -1.73. The molecular formula is C13H15N3O2S2. The van der Waals surface area contributed by atoms with Gasteiger partial charge in [0.2, 0.25) is 0 Å². The average Bonchev–Trinajstić information content (AvgIpc) is 2.36. The molecule has 20 heavy (non-hydrogen) atoms. The first-order valence-electron chi connectivity index (χ1n) is 5.98. The van der Waals surface area contributed by atoms with E-state index in [0.717, 1.165) is 10.9 Å². The number of rotatable bonds is 5. The van der Waals surface area contributed by atoms with Crippen molar-refractivity contribution in [2.75, 3.05) is 23.9 Å². The van der Waals surface area contributed by atoms with Gasteiger partial charge < -0.3 is 11.1 Å². The molecule has 0 saturated heterocycles. The fraction of sp³-hybridized carbons (Fsp3) is 0.231. The zero-order valence-corrected chi connectivity index (χ0v) is 12.6. The predicted molar refractivity (Wildman–Crippen MR) is 85.8 cm³/mol. The first-order valence-corrected chi connectivity index (χ1v) is 8.45. The third kappa shape index (κ3) is 3.64. The molecule has 2 rings (SSSR count). The van der Waals surface area contributed by atoms with Crippen LogP contribution in [-0.2, 0) is 9.84 Å². The Morgan fingerprint density at radius 1 is 1.40 bits per heavy atom. The highest BCUT2D eigenvalue weighted by atomic mass is 32.2. The summed E-state index contributed by atoms with van der Waals surface area (Å²) in [5.41, 5.74) is 7.11. The van der Waals surface area contributed by atoms with Crippen LogP contribution in [0.5, 0.6) is 0 Å². The monoisotopic (exact) mass is 309 g/mol. The molecule has 2 aromatic rings. The van der Waals surface area contributed by atoms with E-state index < -0.39 is 9.84 Å². The summed E-state index contributed by atoms with van der Waals surface area (Å²) in [5.74, 6) is 0.540. The number of sulfone groups is 1. The second kappa shape index (κ2) is 5.72. The second-order valence-electron chi connectivity index (χ2n) is 4.50. The minimum atomic E-state index is -3.02. The number of pyridine rings is 1. The number of anilines is 1. The van der Waals surface area contributed by atoms with Gasteiger partial charge in [-0.05, 0) is 12.1 Å². The van der Waals surface area contributed by atoms with E-state index in [2.05, 4.69) is 10.3 Å². The molecule has 0 atom stereocenters. The Balaban J connectivity index is 2.34. The van der Waals surface area contributed by atoms with Crippen molar-refractivity contribution >= 4 is 43.8 Å². The number of para-hydroxylation sites is 1. The largest absolute Gasteiger partial charge is 0.389 e. The van der Waals surface area contributed by atoms with Gasteiger partial charge in [0.25, 0.3) is 0 Å². The standard InChI is InChI=1S/C13H15N3O2S2/c1-20(17,18)7-6-15-13-10(12(14)19)8-9-4-2-3-5-11(9)16-13/h2-5,8H,6-7H2,1H3,(H2,14,19)(H,15,16). The molecule has 0 bridgehead atoms. The van der Waals surface area contributed by atoms with Crippen LogP contribution in [0.3, 0.4) is 0 Å². The minimum Gasteiger partial charge on any atom is -0.389 e. The topological polar surface area (TPSA) is 85.1 Å². The smallest absolute Gasteiger partial charge is 0.149 e. The molecule has 3 N–H and O–H groups in total. The van der Waals surface area contributed by atoms with Crippen molar-refractivity contribution in [3.8, 4) is 0 Å². The average molecular weight is 309 g/mol. The van der Waals surface area contributed by atoms with Crippen LogP contribution in [0.1, 0.15) is 5.56 Å². The molecule has 7 heteroatoms. The summed E-state index contributed by atoms with van der Waals surface area (Å²) < 4.78 is 22.3. The first kappa shape index (κ1) is 14.7. The number of thiocarbonyl (C=S) groups is 1. The molecular weight excluding hydrogens is 294 g/mol. The summed E-state index contributed by atoms with van der Waals surface area (Å²) in [6.45, 7) is 0.264. The molecule has 0 aliphatic rings. The van der Waals surface area contributed by atoms with Crippen molar-refractivity contribution in [1.82, 2.24) is 4.98 Å². The summed E-state index contributed by atoms with van der Waals surface area (Å²) in [6.07, 6.45) is 1.19. The fourth-order valence-electron chi connectivity index (χ4n) is 1.79. The number of nitrogens with two attached hydrogens (primary N) is 1. The lowest BCUT2D eigenvalue weighted by Crippen LogP contribution is -2.19. The minimum absolute atomic E-state index is 0.0261. The lowest BCUT2D eigenvalue weighted by atomic mass is 10.1. The van der Waals surface area contributed by atoms with Crippen LogP contribution < -0.4 is 11.1 Å². The van der Waals surface area contributed by atoms with E-state index in [-0.39, 0.29) is 17.3 Å². The number of nitrogens with one attached hydrogen (secondary N) is 1. The number of aromatic nitrogens is 1. The summed E-state index contributed by atoms with van der Waals surface area (Å²) in [4.78, 5) is 4.67. The molecule has 1 aromatic heterocycles. The first-order chi connectivity index (χ1) is 9.37. The highest BCUT2D eigenvalue weighted by molar-refractivity contribution is 7.90. The third-order valence-corrected chi connectivity index (χ3v) is 3.92. The number of nitrogens with zero attached hydrogens (tertiary/aromatic N) is 1. The van der Waals surface area contributed by atoms with Gasteiger partial charge in [0.1, 0.15) is 20.6 Å². The summed E-state index contributed by atoms with van der Waals surface area (Å²) in [7, 11) is -3.02. The summed E-state index contributed by atoms with van der Waals surface area (Å²) in [6, 6.07) is 9.44. The number of hydrogen-bond donors (Lipinski definition) is 2. The fourth-order valence-corrected chi connectivity index (χ4v) is 2.42. The van der Waals surface area contributed by atoms with Crippen molar-refractivity contribution in [2.24, 2.45) is 5.73 Å². The highest BCUT2D eigenvalue weighted by Gasteiger charge is 2.10. The molecule has 0 aliphatic heterocycles. The van der Waals surface area contributed by atoms with Gasteiger partial charge in [-0.25, -0.2) is 13.4 Å². The molecule has 0 saturated carbocycles. The van der Waals surface area contributed by atoms with Crippen LogP contribution in [0.2, 0.25) is 0 Å². The van der Waals surface area contributed by atoms with Gasteiger partial charge in [-0.1, -0.05) is 30.4 Å². The molecule has 106 valence electrons. The zero-order valence-electron chi connectivity index (χ0n) is 11.0. The van der Waals surface area contributed by atoms with Crippen LogP contribution >= 0.6 is 12.2 Å². The van der Waals surface area contributed by atoms with Crippen LogP contribution in [0.15, 0.2) is 30.3 Å². The maximum Gasteiger partial charge on any atom is 0.149 e. The van der Waals surface area contributed by atoms with Crippen molar-refractivity contribution < 1.29 is 8.42 Å². The Bertz CT molecular complexity index is 757. The molecule has 1 aromatic carbocycles. The molecule has 1 heterocycles. The normalized spacial score (nSPS) is 11.4. The van der Waals surface area contributed by atoms with Crippen molar-refractivity contribution in [2.45, 2.75) is 0 Å². The van der Waals surface area contributed by atoms with E-state index in [1.807, 2.05) is 30.3 Å². The number of fused-ring (bicyclic) bond motifs is 1. The van der Waals surface area contributed by atoms with E-state index >= 15 is 0 Å². The molecule has 0 radical (unpaired) electrons. The summed E-state index contributed by atoms with van der Waals surface area (Å²) >= 11 is 5.02. The Kier molecular flexibility index (Phi) is 4.20. The molecule has 5 nitrogen and oxygen atoms in total. The molecule has 0 fully saturated rings. The van der Waals surface area contributed by atoms with E-state index in [4.69, 9.17) is 18.0 Å². The molecule has 0 amide bonds. The maximum atomic E-state index is 11.1. The van der Waals surface area contributed by atoms with Crippen LogP contribution in [0, 0.1) is 0 Å². The number of benzene rings is 1. The van der Waals surface area contributed by atoms with E-state index in [1.54, 1.807) is 0 Å². The second-order valence-corrected chi connectivity index (χ2v) is 7.20. The molecule has 0 aliphatic carbocycles. The van der Waals surface area contributed by atoms with E-state index in [0.29, 0.717) is 11.4 Å². The van der Waals surface area contributed by atoms with Gasteiger partial charge in [0.05, 0.1) is 16.8 Å². The van der Waals surface area contributed by atoms with Crippen molar-refractivity contribution in [3.05, 3.63) is 35.9 Å². The quantitative estimate of drug-likeness (QED) is 0.810. The van der Waals surface area contributed by atoms with Crippen molar-refractivity contribution in [1.29, 1.82) is 0 Å². The lowest BCUT2D eigenvalue weighted by Gasteiger charge is -2.11. The molecule has 0 spiro atoms. The molecule has 0 unspecified atom stereocenters. The van der Waals surface area contributed by atoms with Gasteiger partial charge in [0, 0.05) is 18.2 Å². The van der Waals surface area contributed by atoms with E-state index in [1.165, 1.54) is 6.26 Å². The van der Waals surface area contributed by atoms with Gasteiger partial charge >= 0.3 is 0 Å². The third-order valence-electron chi connectivity index (χ3n) is 2.75. The van der Waals surface area contributed by atoms with Gasteiger partial charge in [-0.15, -0.1) is 0 Å². The SMILES string of the molecule is CS(=O)(=O)CCNc1nc2ccccc2cc1C(N)=S. The predicted octanol–water partition coefficient (Wildman–Crippen LogP) is 1.33. The Labute approximate surface area is 123 Å². The Morgan fingerprint density at radius 3 is 2.75 bits per heavy atom.